The number of aromatic carboxylic acids is 1. The van der Waals surface area contributed by atoms with E-state index in [1.165, 1.54) is 51.4 Å². The molecule has 0 saturated carbocycles. The van der Waals surface area contributed by atoms with Gasteiger partial charge in [0.2, 0.25) is 6.33 Å². The summed E-state index contributed by atoms with van der Waals surface area (Å²) in [5.41, 5.74) is 5.05. The second-order valence-corrected chi connectivity index (χ2v) is 11.3. The SMILES string of the molecule is C[C@@H](c1nc(-c2ccc(C#N)cc2)cs1)[C@](O)(Cn1c[n+](Cc2ccc(OC(=O)CN)cc2C(=O)[O-])cn1)c1ccc(F)cc1F. The lowest BCUT2D eigenvalue weighted by molar-refractivity contribution is -0.689. The van der Waals surface area contributed by atoms with Gasteiger partial charge in [-0.15, -0.1) is 16.0 Å². The molecule has 2 heterocycles. The molecular formula is C32H26F2N6O5S. The van der Waals surface area contributed by atoms with Crippen molar-refractivity contribution in [2.45, 2.75) is 31.5 Å². The van der Waals surface area contributed by atoms with Crippen LogP contribution in [0.3, 0.4) is 0 Å². The van der Waals surface area contributed by atoms with Crippen LogP contribution in [0.15, 0.2) is 78.7 Å². The molecule has 0 saturated heterocycles. The zero-order valence-corrected chi connectivity index (χ0v) is 25.1. The van der Waals surface area contributed by atoms with Crippen molar-refractivity contribution in [3.8, 4) is 23.1 Å². The van der Waals surface area contributed by atoms with Crippen molar-refractivity contribution in [3.05, 3.63) is 118 Å². The van der Waals surface area contributed by atoms with Gasteiger partial charge in [0.25, 0.3) is 6.33 Å². The zero-order valence-electron chi connectivity index (χ0n) is 24.3. The molecule has 5 rings (SSSR count). The Labute approximate surface area is 265 Å². The van der Waals surface area contributed by atoms with Crippen LogP contribution < -0.4 is 20.1 Å². The highest BCUT2D eigenvalue weighted by molar-refractivity contribution is 7.10. The summed E-state index contributed by atoms with van der Waals surface area (Å²) in [6.07, 6.45) is 2.88. The fraction of sp³-hybridized carbons (Fsp3) is 0.188. The lowest BCUT2D eigenvalue weighted by Gasteiger charge is -2.32. The molecule has 2 atom stereocenters. The molecule has 0 fully saturated rings. The number of nitrogens with two attached hydrogens (primary N) is 1. The van der Waals surface area contributed by atoms with Gasteiger partial charge < -0.3 is 25.5 Å². The number of carboxylic acids is 1. The van der Waals surface area contributed by atoms with Crippen LogP contribution in [0.2, 0.25) is 0 Å². The van der Waals surface area contributed by atoms with Crippen LogP contribution in [0.5, 0.6) is 5.75 Å². The second-order valence-electron chi connectivity index (χ2n) is 10.4. The Kier molecular flexibility index (Phi) is 9.28. The number of benzene rings is 3. The first-order valence-electron chi connectivity index (χ1n) is 13.8. The maximum absolute atomic E-state index is 15.2. The van der Waals surface area contributed by atoms with Crippen molar-refractivity contribution < 1.29 is 37.9 Å². The maximum Gasteiger partial charge on any atom is 0.325 e. The summed E-state index contributed by atoms with van der Waals surface area (Å²) in [4.78, 5) is 28.0. The smallest absolute Gasteiger partial charge is 0.325 e. The Hall–Kier alpha value is -5.36. The van der Waals surface area contributed by atoms with E-state index in [1.807, 2.05) is 0 Å². The minimum Gasteiger partial charge on any atom is -0.545 e. The summed E-state index contributed by atoms with van der Waals surface area (Å²) in [5, 5.41) is 39.7. The monoisotopic (exact) mass is 644 g/mol. The van der Waals surface area contributed by atoms with Crippen molar-refractivity contribution >= 4 is 23.3 Å². The highest BCUT2D eigenvalue weighted by atomic mass is 32.1. The number of halogens is 2. The zero-order chi connectivity index (χ0) is 33.0. The van der Waals surface area contributed by atoms with Crippen LogP contribution in [0.25, 0.3) is 11.3 Å². The molecule has 0 bridgehead atoms. The van der Waals surface area contributed by atoms with Crippen LogP contribution >= 0.6 is 11.3 Å². The summed E-state index contributed by atoms with van der Waals surface area (Å²) in [6.45, 7) is 1.02. The standard InChI is InChI=1S/C32H26F2N6O5S/c1-19(30-38-28(15-46-30)21-4-2-20(12-35)3-5-21)32(44,26-9-7-23(33)10-27(26)34)16-40-18-39(17-37-40)14-22-6-8-24(45-29(41)13-36)11-25(22)31(42)43/h2-11,15,17-19,44H,13-14,16,36H2,1H3/t19-,32+/m0/s1. The van der Waals surface area contributed by atoms with Gasteiger partial charge in [0.05, 0.1) is 41.4 Å². The van der Waals surface area contributed by atoms with E-state index < -0.39 is 35.1 Å². The molecule has 11 nitrogen and oxygen atoms in total. The molecule has 234 valence electrons. The molecule has 5 aromatic rings. The third-order valence-electron chi connectivity index (χ3n) is 7.40. The van der Waals surface area contributed by atoms with Gasteiger partial charge in [0.1, 0.15) is 29.5 Å². The van der Waals surface area contributed by atoms with E-state index >= 15 is 4.39 Å². The quantitative estimate of drug-likeness (QED) is 0.124. The van der Waals surface area contributed by atoms with E-state index in [-0.39, 0.29) is 36.5 Å². The minimum absolute atomic E-state index is 0.00769. The summed E-state index contributed by atoms with van der Waals surface area (Å²) in [6, 6.07) is 15.8. The Balaban J connectivity index is 1.44. The number of hydrogen-bond donors (Lipinski definition) is 2. The predicted octanol–water partition coefficient (Wildman–Crippen LogP) is 2.41. The lowest BCUT2D eigenvalue weighted by atomic mass is 9.82. The normalized spacial score (nSPS) is 13.0. The molecule has 0 aliphatic heterocycles. The minimum atomic E-state index is -1.97. The average molecular weight is 645 g/mol. The van der Waals surface area contributed by atoms with E-state index in [0.29, 0.717) is 27.9 Å². The maximum atomic E-state index is 15.2. The Morgan fingerprint density at radius 2 is 1.96 bits per heavy atom. The molecule has 3 N–H and O–H groups in total. The molecule has 0 aliphatic rings. The van der Waals surface area contributed by atoms with Gasteiger partial charge in [-0.1, -0.05) is 31.2 Å². The van der Waals surface area contributed by atoms with Gasteiger partial charge in [0.15, 0.2) is 0 Å². The number of carboxylic acid groups (broad SMARTS) is 1. The molecule has 0 aliphatic carbocycles. The van der Waals surface area contributed by atoms with Crippen molar-refractivity contribution in [1.29, 1.82) is 5.26 Å². The van der Waals surface area contributed by atoms with Crippen molar-refractivity contribution in [2.75, 3.05) is 6.54 Å². The summed E-state index contributed by atoms with van der Waals surface area (Å²) < 4.78 is 37.0. The van der Waals surface area contributed by atoms with Crippen LogP contribution in [0.4, 0.5) is 8.78 Å². The fourth-order valence-electron chi connectivity index (χ4n) is 4.93. The second kappa shape index (κ2) is 13.3. The number of nitriles is 1. The van der Waals surface area contributed by atoms with Gasteiger partial charge in [-0.3, -0.25) is 4.79 Å². The van der Waals surface area contributed by atoms with Gasteiger partial charge in [0, 0.05) is 39.2 Å². The average Bonchev–Trinajstić information content (AvgIpc) is 3.71. The number of aromatic nitrogens is 4. The summed E-state index contributed by atoms with van der Waals surface area (Å²) in [5.74, 6) is -4.81. The van der Waals surface area contributed by atoms with Gasteiger partial charge >= 0.3 is 5.97 Å². The van der Waals surface area contributed by atoms with Crippen LogP contribution in [-0.4, -0.2) is 38.4 Å². The molecular weight excluding hydrogens is 618 g/mol. The molecule has 0 amide bonds. The van der Waals surface area contributed by atoms with Crippen molar-refractivity contribution in [2.24, 2.45) is 5.73 Å². The molecule has 3 aromatic carbocycles. The topological polar surface area (TPSA) is 171 Å². The number of carbonyl (C=O) groups excluding carboxylic acids is 2. The van der Waals surface area contributed by atoms with Gasteiger partial charge in [-0.05, 0) is 35.9 Å². The number of aliphatic hydroxyl groups is 1. The first-order valence-corrected chi connectivity index (χ1v) is 14.7. The third kappa shape index (κ3) is 6.81. The third-order valence-corrected chi connectivity index (χ3v) is 8.43. The van der Waals surface area contributed by atoms with Crippen LogP contribution in [-0.2, 0) is 23.5 Å². The molecule has 0 spiro atoms. The molecule has 0 unspecified atom stereocenters. The van der Waals surface area contributed by atoms with E-state index in [1.54, 1.807) is 36.6 Å². The lowest BCUT2D eigenvalue weighted by Crippen LogP contribution is -2.39. The first kappa shape index (κ1) is 32.0. The molecule has 2 aromatic heterocycles. The van der Waals surface area contributed by atoms with E-state index in [4.69, 9.17) is 15.7 Å². The molecule has 46 heavy (non-hydrogen) atoms. The first-order chi connectivity index (χ1) is 22.0. The predicted molar refractivity (Wildman–Crippen MR) is 158 cm³/mol. The Bertz CT molecular complexity index is 1960. The molecule has 14 heteroatoms. The number of rotatable bonds is 11. The summed E-state index contributed by atoms with van der Waals surface area (Å²) >= 11 is 1.25. The van der Waals surface area contributed by atoms with Crippen LogP contribution in [0.1, 0.15) is 44.9 Å². The van der Waals surface area contributed by atoms with E-state index in [9.17, 15) is 24.2 Å². The fourth-order valence-corrected chi connectivity index (χ4v) is 5.90. The number of thiazole rings is 1. The number of ether oxygens (including phenoxy) is 1. The molecule has 0 radical (unpaired) electrons. The number of esters is 1. The Morgan fingerprint density at radius 1 is 1.20 bits per heavy atom. The largest absolute Gasteiger partial charge is 0.545 e. The highest BCUT2D eigenvalue weighted by Crippen LogP contribution is 2.41. The summed E-state index contributed by atoms with van der Waals surface area (Å²) in [7, 11) is 0. The van der Waals surface area contributed by atoms with Gasteiger partial charge in [-0.25, -0.2) is 18.3 Å². The number of nitrogens with zero attached hydrogens (tertiary/aromatic N) is 5. The van der Waals surface area contributed by atoms with Crippen LogP contribution in [0, 0.1) is 23.0 Å². The van der Waals surface area contributed by atoms with Gasteiger partial charge in [-0.2, -0.15) is 5.26 Å². The Morgan fingerprint density at radius 3 is 2.63 bits per heavy atom. The van der Waals surface area contributed by atoms with Crippen molar-refractivity contribution in [3.63, 3.8) is 0 Å². The van der Waals surface area contributed by atoms with E-state index in [2.05, 4.69) is 16.2 Å². The van der Waals surface area contributed by atoms with E-state index in [0.717, 1.165) is 17.7 Å². The number of carbonyl (C=O) groups is 2. The number of hydrogen-bond acceptors (Lipinski definition) is 10. The highest BCUT2D eigenvalue weighted by Gasteiger charge is 2.43. The van der Waals surface area contributed by atoms with Crippen molar-refractivity contribution in [1.82, 2.24) is 14.8 Å².